The number of rotatable bonds is 4. The summed E-state index contributed by atoms with van der Waals surface area (Å²) in [5.41, 5.74) is 5.47. The van der Waals surface area contributed by atoms with E-state index in [4.69, 9.17) is 10.5 Å². The second-order valence-corrected chi connectivity index (χ2v) is 2.28. The summed E-state index contributed by atoms with van der Waals surface area (Å²) in [6.45, 7) is -0.0352. The molecule has 1 heterocycles. The van der Waals surface area contributed by atoms with E-state index in [0.717, 1.165) is 0 Å². The molecule has 0 aliphatic heterocycles. The van der Waals surface area contributed by atoms with Crippen LogP contribution in [0.4, 0.5) is 10.2 Å². The van der Waals surface area contributed by atoms with Crippen molar-refractivity contribution in [2.24, 2.45) is 0 Å². The SMILES string of the molecule is Nc1ncccc1OCCCF. The third kappa shape index (κ3) is 2.38. The molecule has 0 amide bonds. The van der Waals surface area contributed by atoms with E-state index in [1.165, 1.54) is 0 Å². The van der Waals surface area contributed by atoms with Crippen molar-refractivity contribution in [1.82, 2.24) is 4.98 Å². The van der Waals surface area contributed by atoms with E-state index in [2.05, 4.69) is 4.98 Å². The van der Waals surface area contributed by atoms with Gasteiger partial charge in [0.2, 0.25) is 0 Å². The summed E-state index contributed by atoms with van der Waals surface area (Å²) >= 11 is 0. The van der Waals surface area contributed by atoms with Crippen LogP contribution in [0.2, 0.25) is 0 Å². The molecule has 1 aromatic rings. The Bertz CT molecular complexity index is 242. The number of ether oxygens (including phenoxy) is 1. The van der Waals surface area contributed by atoms with Crippen LogP contribution in [-0.4, -0.2) is 18.3 Å². The van der Waals surface area contributed by atoms with Crippen molar-refractivity contribution in [2.75, 3.05) is 19.0 Å². The summed E-state index contributed by atoms with van der Waals surface area (Å²) in [6.07, 6.45) is 1.96. The second kappa shape index (κ2) is 4.54. The van der Waals surface area contributed by atoms with Crippen LogP contribution < -0.4 is 10.5 Å². The third-order valence-electron chi connectivity index (χ3n) is 1.34. The highest BCUT2D eigenvalue weighted by atomic mass is 19.1. The molecule has 0 aliphatic rings. The minimum absolute atomic E-state index is 0.340. The van der Waals surface area contributed by atoms with Crippen molar-refractivity contribution in [3.63, 3.8) is 0 Å². The maximum absolute atomic E-state index is 11.7. The molecule has 0 saturated heterocycles. The smallest absolute Gasteiger partial charge is 0.166 e. The van der Waals surface area contributed by atoms with Gasteiger partial charge in [-0.3, -0.25) is 4.39 Å². The van der Waals surface area contributed by atoms with Gasteiger partial charge in [-0.05, 0) is 12.1 Å². The predicted molar refractivity (Wildman–Crippen MR) is 44.7 cm³/mol. The standard InChI is InChI=1S/C8H11FN2O/c9-4-2-6-12-7-3-1-5-11-8(7)10/h1,3,5H,2,4,6H2,(H2,10,11). The summed E-state index contributed by atoms with van der Waals surface area (Å²) in [6, 6.07) is 3.43. The fraction of sp³-hybridized carbons (Fsp3) is 0.375. The van der Waals surface area contributed by atoms with Crippen LogP contribution in [-0.2, 0) is 0 Å². The Balaban J connectivity index is 2.46. The molecule has 0 spiro atoms. The molecule has 0 unspecified atom stereocenters. The molecule has 0 aromatic carbocycles. The molecule has 12 heavy (non-hydrogen) atoms. The monoisotopic (exact) mass is 170 g/mol. The fourth-order valence-electron chi connectivity index (χ4n) is 0.761. The topological polar surface area (TPSA) is 48.1 Å². The van der Waals surface area contributed by atoms with Crippen molar-refractivity contribution in [3.05, 3.63) is 18.3 Å². The van der Waals surface area contributed by atoms with Crippen LogP contribution in [0.15, 0.2) is 18.3 Å². The summed E-state index contributed by atoms with van der Waals surface area (Å²) < 4.78 is 16.8. The molecule has 66 valence electrons. The highest BCUT2D eigenvalue weighted by Crippen LogP contribution is 2.16. The molecular weight excluding hydrogens is 159 g/mol. The van der Waals surface area contributed by atoms with E-state index in [1.54, 1.807) is 18.3 Å². The maximum Gasteiger partial charge on any atom is 0.166 e. The van der Waals surface area contributed by atoms with Gasteiger partial charge in [0.05, 0.1) is 13.3 Å². The zero-order valence-electron chi connectivity index (χ0n) is 6.66. The van der Waals surface area contributed by atoms with Gasteiger partial charge in [0, 0.05) is 12.6 Å². The van der Waals surface area contributed by atoms with E-state index in [1.807, 2.05) is 0 Å². The Kier molecular flexibility index (Phi) is 3.32. The van der Waals surface area contributed by atoms with Crippen LogP contribution in [0, 0.1) is 0 Å². The first-order chi connectivity index (χ1) is 5.84. The van der Waals surface area contributed by atoms with Gasteiger partial charge < -0.3 is 10.5 Å². The van der Waals surface area contributed by atoms with Gasteiger partial charge in [-0.15, -0.1) is 0 Å². The minimum atomic E-state index is -0.375. The van der Waals surface area contributed by atoms with Gasteiger partial charge in [-0.1, -0.05) is 0 Å². The number of halogens is 1. The van der Waals surface area contributed by atoms with Crippen LogP contribution in [0.25, 0.3) is 0 Å². The average molecular weight is 170 g/mol. The Morgan fingerprint density at radius 3 is 3.08 bits per heavy atom. The lowest BCUT2D eigenvalue weighted by molar-refractivity contribution is 0.290. The van der Waals surface area contributed by atoms with Crippen molar-refractivity contribution in [1.29, 1.82) is 0 Å². The van der Waals surface area contributed by atoms with E-state index in [9.17, 15) is 4.39 Å². The van der Waals surface area contributed by atoms with Gasteiger partial charge in [-0.25, -0.2) is 4.98 Å². The van der Waals surface area contributed by atoms with Crippen molar-refractivity contribution in [2.45, 2.75) is 6.42 Å². The van der Waals surface area contributed by atoms with Crippen LogP contribution in [0.1, 0.15) is 6.42 Å². The third-order valence-corrected chi connectivity index (χ3v) is 1.34. The summed E-state index contributed by atoms with van der Waals surface area (Å²) in [4.78, 5) is 3.82. The first-order valence-corrected chi connectivity index (χ1v) is 3.74. The molecule has 0 radical (unpaired) electrons. The lowest BCUT2D eigenvalue weighted by Crippen LogP contribution is -2.01. The largest absolute Gasteiger partial charge is 0.490 e. The average Bonchev–Trinajstić information content (AvgIpc) is 2.09. The number of nitrogens with zero attached hydrogens (tertiary/aromatic N) is 1. The zero-order valence-corrected chi connectivity index (χ0v) is 6.66. The molecule has 0 bridgehead atoms. The highest BCUT2D eigenvalue weighted by Gasteiger charge is 1.98. The summed E-state index contributed by atoms with van der Waals surface area (Å²) in [7, 11) is 0. The molecule has 4 heteroatoms. The Hall–Kier alpha value is -1.32. The Morgan fingerprint density at radius 2 is 2.42 bits per heavy atom. The zero-order chi connectivity index (χ0) is 8.81. The number of hydrogen-bond donors (Lipinski definition) is 1. The molecule has 1 rings (SSSR count). The van der Waals surface area contributed by atoms with E-state index in [0.29, 0.717) is 24.6 Å². The summed E-state index contributed by atoms with van der Waals surface area (Å²) in [5.74, 6) is 0.863. The quantitative estimate of drug-likeness (QED) is 0.695. The summed E-state index contributed by atoms with van der Waals surface area (Å²) in [5, 5.41) is 0. The number of anilines is 1. The van der Waals surface area contributed by atoms with Gasteiger partial charge in [0.25, 0.3) is 0 Å². The normalized spacial score (nSPS) is 9.75. The van der Waals surface area contributed by atoms with Gasteiger partial charge in [0.15, 0.2) is 11.6 Å². The second-order valence-electron chi connectivity index (χ2n) is 2.28. The number of hydrogen-bond acceptors (Lipinski definition) is 3. The predicted octanol–water partition coefficient (Wildman–Crippen LogP) is 1.40. The van der Waals surface area contributed by atoms with Crippen molar-refractivity contribution in [3.8, 4) is 5.75 Å². The number of pyridine rings is 1. The first kappa shape index (κ1) is 8.77. The van der Waals surface area contributed by atoms with E-state index >= 15 is 0 Å². The molecule has 0 atom stereocenters. The molecule has 3 nitrogen and oxygen atoms in total. The molecular formula is C8H11FN2O. The number of nitrogen functional groups attached to an aromatic ring is 1. The fourth-order valence-corrected chi connectivity index (χ4v) is 0.761. The molecule has 1 aromatic heterocycles. The highest BCUT2D eigenvalue weighted by molar-refractivity contribution is 5.44. The van der Waals surface area contributed by atoms with E-state index in [-0.39, 0.29) is 6.67 Å². The Morgan fingerprint density at radius 1 is 1.58 bits per heavy atom. The van der Waals surface area contributed by atoms with Gasteiger partial charge in [0.1, 0.15) is 0 Å². The number of nitrogens with two attached hydrogens (primary N) is 1. The minimum Gasteiger partial charge on any atom is -0.490 e. The van der Waals surface area contributed by atoms with Gasteiger partial charge in [-0.2, -0.15) is 0 Å². The lowest BCUT2D eigenvalue weighted by atomic mass is 10.4. The number of alkyl halides is 1. The first-order valence-electron chi connectivity index (χ1n) is 3.74. The van der Waals surface area contributed by atoms with Gasteiger partial charge >= 0.3 is 0 Å². The number of aromatic nitrogens is 1. The maximum atomic E-state index is 11.7. The molecule has 0 fully saturated rings. The molecule has 0 aliphatic carbocycles. The van der Waals surface area contributed by atoms with Crippen molar-refractivity contribution < 1.29 is 9.13 Å². The van der Waals surface area contributed by atoms with E-state index < -0.39 is 0 Å². The Labute approximate surface area is 70.4 Å². The van der Waals surface area contributed by atoms with Crippen LogP contribution >= 0.6 is 0 Å². The lowest BCUT2D eigenvalue weighted by Gasteiger charge is -2.05. The van der Waals surface area contributed by atoms with Crippen molar-refractivity contribution >= 4 is 5.82 Å². The van der Waals surface area contributed by atoms with Crippen LogP contribution in [0.5, 0.6) is 5.75 Å². The molecule has 2 N–H and O–H groups in total. The van der Waals surface area contributed by atoms with Crippen LogP contribution in [0.3, 0.4) is 0 Å². The molecule has 0 saturated carbocycles.